The van der Waals surface area contributed by atoms with Gasteiger partial charge in [-0.1, -0.05) is 20.8 Å². The SMILES string of the molecule is CC(C)(C)C(O)CNC(=O)c1ccc(N2CCCC2)c([N+](=O)[O-])c1. The number of carbonyl (C=O) groups is 1. The van der Waals surface area contributed by atoms with E-state index in [0.717, 1.165) is 25.9 Å². The molecule has 7 nitrogen and oxygen atoms in total. The number of nitro benzene ring substituents is 1. The van der Waals surface area contributed by atoms with Crippen molar-refractivity contribution in [1.29, 1.82) is 0 Å². The lowest BCUT2D eigenvalue weighted by molar-refractivity contribution is -0.384. The molecule has 1 aliphatic rings. The van der Waals surface area contributed by atoms with Crippen LogP contribution in [-0.4, -0.2) is 41.7 Å². The summed E-state index contributed by atoms with van der Waals surface area (Å²) in [6.07, 6.45) is 1.34. The second kappa shape index (κ2) is 7.17. The zero-order chi connectivity index (χ0) is 17.9. The summed E-state index contributed by atoms with van der Waals surface area (Å²) in [5.74, 6) is -0.422. The Morgan fingerprint density at radius 3 is 2.54 bits per heavy atom. The van der Waals surface area contributed by atoms with Crippen LogP contribution in [0, 0.1) is 15.5 Å². The number of nitrogens with zero attached hydrogens (tertiary/aromatic N) is 2. The van der Waals surface area contributed by atoms with Crippen molar-refractivity contribution in [3.63, 3.8) is 0 Å². The number of anilines is 1. The van der Waals surface area contributed by atoms with Gasteiger partial charge in [-0.15, -0.1) is 0 Å². The van der Waals surface area contributed by atoms with Gasteiger partial charge in [0.25, 0.3) is 11.6 Å². The zero-order valence-corrected chi connectivity index (χ0v) is 14.4. The van der Waals surface area contributed by atoms with E-state index in [-0.39, 0.29) is 23.2 Å². The van der Waals surface area contributed by atoms with Crippen LogP contribution >= 0.6 is 0 Å². The molecule has 1 aliphatic heterocycles. The second-order valence-electron chi connectivity index (χ2n) is 7.25. The van der Waals surface area contributed by atoms with Crippen LogP contribution < -0.4 is 10.2 Å². The topological polar surface area (TPSA) is 95.7 Å². The van der Waals surface area contributed by atoms with Crippen LogP contribution in [0.5, 0.6) is 0 Å². The molecular formula is C17H25N3O4. The molecule has 24 heavy (non-hydrogen) atoms. The maximum atomic E-state index is 12.2. The van der Waals surface area contributed by atoms with Crippen molar-refractivity contribution in [3.8, 4) is 0 Å². The molecule has 2 N–H and O–H groups in total. The third kappa shape index (κ3) is 4.23. The highest BCUT2D eigenvalue weighted by Gasteiger charge is 2.25. The van der Waals surface area contributed by atoms with Gasteiger partial charge in [-0.2, -0.15) is 0 Å². The summed E-state index contributed by atoms with van der Waals surface area (Å²) in [5, 5.41) is 24.0. The molecule has 0 bridgehead atoms. The van der Waals surface area contributed by atoms with Crippen LogP contribution in [0.25, 0.3) is 0 Å². The summed E-state index contributed by atoms with van der Waals surface area (Å²) < 4.78 is 0. The standard InChI is InChI=1S/C17H25N3O4/c1-17(2,3)15(21)11-18-16(22)12-6-7-13(14(10-12)20(23)24)19-8-4-5-9-19/h6-7,10,15,21H,4-5,8-9,11H2,1-3H3,(H,18,22). The highest BCUT2D eigenvalue weighted by Crippen LogP contribution is 2.31. The third-order valence-corrected chi connectivity index (χ3v) is 4.34. The first-order valence-electron chi connectivity index (χ1n) is 8.20. The molecule has 0 aromatic heterocycles. The Hall–Kier alpha value is -2.15. The van der Waals surface area contributed by atoms with Gasteiger partial charge >= 0.3 is 0 Å². The predicted octanol–water partition coefficient (Wildman–Crippen LogP) is 2.33. The van der Waals surface area contributed by atoms with Crippen LogP contribution in [0.1, 0.15) is 44.0 Å². The molecular weight excluding hydrogens is 310 g/mol. The minimum atomic E-state index is -0.694. The van der Waals surface area contributed by atoms with E-state index in [1.807, 2.05) is 25.7 Å². The number of aliphatic hydroxyl groups excluding tert-OH is 1. The van der Waals surface area contributed by atoms with E-state index in [0.29, 0.717) is 5.69 Å². The molecule has 0 saturated carbocycles. The number of nitrogens with one attached hydrogen (secondary N) is 1. The predicted molar refractivity (Wildman–Crippen MR) is 92.3 cm³/mol. The Balaban J connectivity index is 2.14. The molecule has 1 saturated heterocycles. The Kier molecular flexibility index (Phi) is 5.43. The second-order valence-corrected chi connectivity index (χ2v) is 7.25. The summed E-state index contributed by atoms with van der Waals surface area (Å²) in [4.78, 5) is 25.1. The van der Waals surface area contributed by atoms with Crippen molar-refractivity contribution in [3.05, 3.63) is 33.9 Å². The minimum Gasteiger partial charge on any atom is -0.391 e. The Morgan fingerprint density at radius 2 is 2.00 bits per heavy atom. The molecule has 1 atom stereocenters. The minimum absolute atomic E-state index is 0.0547. The van der Waals surface area contributed by atoms with Crippen molar-refractivity contribution >= 4 is 17.3 Å². The Labute approximate surface area is 141 Å². The van der Waals surface area contributed by atoms with Gasteiger partial charge in [0.2, 0.25) is 0 Å². The largest absolute Gasteiger partial charge is 0.391 e. The van der Waals surface area contributed by atoms with E-state index in [1.54, 1.807) is 12.1 Å². The lowest BCUT2D eigenvalue weighted by Crippen LogP contribution is -2.39. The number of carbonyl (C=O) groups excluding carboxylic acids is 1. The van der Waals surface area contributed by atoms with Crippen LogP contribution in [0.15, 0.2) is 18.2 Å². The highest BCUT2D eigenvalue weighted by molar-refractivity contribution is 5.95. The average Bonchev–Trinajstić information content (AvgIpc) is 3.04. The van der Waals surface area contributed by atoms with Gasteiger partial charge in [-0.25, -0.2) is 0 Å². The van der Waals surface area contributed by atoms with Gasteiger partial charge in [-0.3, -0.25) is 14.9 Å². The van der Waals surface area contributed by atoms with E-state index < -0.39 is 16.9 Å². The fourth-order valence-electron chi connectivity index (χ4n) is 2.63. The molecule has 132 valence electrons. The van der Waals surface area contributed by atoms with Crippen molar-refractivity contribution in [2.24, 2.45) is 5.41 Å². The summed E-state index contributed by atoms with van der Waals surface area (Å²) in [6.45, 7) is 7.32. The first kappa shape index (κ1) is 18.2. The van der Waals surface area contributed by atoms with E-state index >= 15 is 0 Å². The lowest BCUT2D eigenvalue weighted by atomic mass is 9.89. The zero-order valence-electron chi connectivity index (χ0n) is 14.4. The van der Waals surface area contributed by atoms with Gasteiger partial charge in [0, 0.05) is 31.3 Å². The summed E-state index contributed by atoms with van der Waals surface area (Å²) in [6, 6.07) is 4.55. The number of nitro groups is 1. The van der Waals surface area contributed by atoms with Crippen molar-refractivity contribution in [2.75, 3.05) is 24.5 Å². The maximum Gasteiger partial charge on any atom is 0.293 e. The fraction of sp³-hybridized carbons (Fsp3) is 0.588. The number of hydrogen-bond donors (Lipinski definition) is 2. The van der Waals surface area contributed by atoms with Gasteiger partial charge in [0.05, 0.1) is 11.0 Å². The highest BCUT2D eigenvalue weighted by atomic mass is 16.6. The molecule has 1 fully saturated rings. The normalized spacial score (nSPS) is 16.1. The molecule has 7 heteroatoms. The number of aliphatic hydroxyl groups is 1. The van der Waals surface area contributed by atoms with Crippen LogP contribution in [0.4, 0.5) is 11.4 Å². The maximum absolute atomic E-state index is 12.2. The van der Waals surface area contributed by atoms with Gasteiger partial charge < -0.3 is 15.3 Å². The smallest absolute Gasteiger partial charge is 0.293 e. The molecule has 2 rings (SSSR count). The molecule has 0 radical (unpaired) electrons. The van der Waals surface area contributed by atoms with Gasteiger partial charge in [0.15, 0.2) is 0 Å². The van der Waals surface area contributed by atoms with E-state index in [9.17, 15) is 20.0 Å². The van der Waals surface area contributed by atoms with Crippen molar-refractivity contribution < 1.29 is 14.8 Å². The molecule has 1 heterocycles. The number of hydrogen-bond acceptors (Lipinski definition) is 5. The van der Waals surface area contributed by atoms with Crippen LogP contribution in [-0.2, 0) is 0 Å². The van der Waals surface area contributed by atoms with Crippen LogP contribution in [0.3, 0.4) is 0 Å². The van der Waals surface area contributed by atoms with Gasteiger partial charge in [0.1, 0.15) is 5.69 Å². The summed E-state index contributed by atoms with van der Waals surface area (Å²) in [7, 11) is 0. The number of amides is 1. The molecule has 1 aromatic carbocycles. The first-order valence-corrected chi connectivity index (χ1v) is 8.20. The lowest BCUT2D eigenvalue weighted by Gasteiger charge is -2.25. The number of rotatable bonds is 5. The molecule has 1 amide bonds. The quantitative estimate of drug-likeness (QED) is 0.636. The third-order valence-electron chi connectivity index (χ3n) is 4.34. The Morgan fingerprint density at radius 1 is 1.38 bits per heavy atom. The average molecular weight is 335 g/mol. The molecule has 0 spiro atoms. The van der Waals surface area contributed by atoms with E-state index in [2.05, 4.69) is 5.32 Å². The van der Waals surface area contributed by atoms with E-state index in [4.69, 9.17) is 0 Å². The fourth-order valence-corrected chi connectivity index (χ4v) is 2.63. The Bertz CT molecular complexity index is 619. The first-order chi connectivity index (χ1) is 11.2. The van der Waals surface area contributed by atoms with Crippen LogP contribution in [0.2, 0.25) is 0 Å². The molecule has 1 aromatic rings. The number of benzene rings is 1. The summed E-state index contributed by atoms with van der Waals surface area (Å²) in [5.41, 5.74) is 0.384. The van der Waals surface area contributed by atoms with E-state index in [1.165, 1.54) is 6.07 Å². The summed E-state index contributed by atoms with van der Waals surface area (Å²) >= 11 is 0. The molecule has 1 unspecified atom stereocenters. The van der Waals surface area contributed by atoms with Gasteiger partial charge in [-0.05, 0) is 30.4 Å². The monoisotopic (exact) mass is 335 g/mol. The van der Waals surface area contributed by atoms with Crippen molar-refractivity contribution in [1.82, 2.24) is 5.32 Å². The van der Waals surface area contributed by atoms with Crippen molar-refractivity contribution in [2.45, 2.75) is 39.7 Å². The molecule has 0 aliphatic carbocycles.